The van der Waals surface area contributed by atoms with Crippen LogP contribution in [0.4, 0.5) is 0 Å². The van der Waals surface area contributed by atoms with Crippen molar-refractivity contribution in [3.05, 3.63) is 23.7 Å². The molecular formula is C13H16ClN3. The van der Waals surface area contributed by atoms with Crippen molar-refractivity contribution < 1.29 is 0 Å². The van der Waals surface area contributed by atoms with Crippen LogP contribution in [0.25, 0.3) is 11.2 Å². The molecule has 2 aromatic heterocycles. The minimum Gasteiger partial charge on any atom is -0.308 e. The third-order valence-electron chi connectivity index (χ3n) is 3.75. The number of hydrogen-bond acceptors (Lipinski definition) is 2. The van der Waals surface area contributed by atoms with Crippen LogP contribution < -0.4 is 0 Å². The third-order valence-corrected chi connectivity index (χ3v) is 3.99. The van der Waals surface area contributed by atoms with Crippen LogP contribution in [0.2, 0.25) is 0 Å². The number of alkyl halides is 1. The van der Waals surface area contributed by atoms with Gasteiger partial charge >= 0.3 is 0 Å². The van der Waals surface area contributed by atoms with Gasteiger partial charge in [-0.05, 0) is 30.4 Å². The van der Waals surface area contributed by atoms with E-state index in [1.54, 1.807) is 0 Å². The molecule has 0 saturated heterocycles. The topological polar surface area (TPSA) is 30.7 Å². The van der Waals surface area contributed by atoms with Gasteiger partial charge in [-0.3, -0.25) is 0 Å². The van der Waals surface area contributed by atoms with Crippen LogP contribution in [0.3, 0.4) is 0 Å². The summed E-state index contributed by atoms with van der Waals surface area (Å²) in [5.74, 6) is 1.39. The van der Waals surface area contributed by atoms with E-state index in [1.165, 1.54) is 12.0 Å². The molecule has 1 aliphatic carbocycles. The summed E-state index contributed by atoms with van der Waals surface area (Å²) in [7, 11) is 0. The molecule has 0 amide bonds. The fourth-order valence-corrected chi connectivity index (χ4v) is 2.65. The van der Waals surface area contributed by atoms with Crippen molar-refractivity contribution in [2.45, 2.75) is 39.1 Å². The average molecular weight is 250 g/mol. The van der Waals surface area contributed by atoms with Crippen molar-refractivity contribution in [1.29, 1.82) is 0 Å². The lowest BCUT2D eigenvalue weighted by Gasteiger charge is -2.08. The van der Waals surface area contributed by atoms with Gasteiger partial charge in [-0.2, -0.15) is 0 Å². The van der Waals surface area contributed by atoms with E-state index in [0.717, 1.165) is 17.0 Å². The predicted molar refractivity (Wildman–Crippen MR) is 69.3 cm³/mol. The molecule has 1 fully saturated rings. The van der Waals surface area contributed by atoms with Crippen molar-refractivity contribution in [3.63, 3.8) is 0 Å². The summed E-state index contributed by atoms with van der Waals surface area (Å²) in [6.45, 7) is 6.62. The predicted octanol–water partition coefficient (Wildman–Crippen LogP) is 3.45. The molecule has 0 N–H and O–H groups in total. The summed E-state index contributed by atoms with van der Waals surface area (Å²) >= 11 is 6.01. The maximum absolute atomic E-state index is 6.01. The van der Waals surface area contributed by atoms with E-state index in [-0.39, 0.29) is 0 Å². The lowest BCUT2D eigenvalue weighted by atomic mass is 10.2. The first-order chi connectivity index (χ1) is 8.04. The van der Waals surface area contributed by atoms with Crippen molar-refractivity contribution in [3.8, 4) is 0 Å². The number of fused-ring (bicyclic) bond motifs is 1. The van der Waals surface area contributed by atoms with Gasteiger partial charge < -0.3 is 4.57 Å². The van der Waals surface area contributed by atoms with E-state index in [0.29, 0.717) is 17.3 Å². The molecule has 90 valence electrons. The molecule has 1 unspecified atom stereocenters. The Hall–Kier alpha value is -1.09. The number of rotatable bonds is 2. The summed E-state index contributed by atoms with van der Waals surface area (Å²) in [5, 5.41) is 0. The Balaban J connectivity index is 2.25. The molecule has 1 saturated carbocycles. The van der Waals surface area contributed by atoms with E-state index < -0.39 is 0 Å². The fraction of sp³-hybridized carbons (Fsp3) is 0.538. The summed E-state index contributed by atoms with van der Waals surface area (Å²) in [6.07, 6.45) is 3.03. The average Bonchev–Trinajstić information content (AvgIpc) is 2.75. The van der Waals surface area contributed by atoms with Crippen molar-refractivity contribution >= 4 is 22.8 Å². The van der Waals surface area contributed by atoms with Gasteiger partial charge in [0.1, 0.15) is 11.3 Å². The van der Waals surface area contributed by atoms with Crippen LogP contribution in [0.15, 0.2) is 12.3 Å². The van der Waals surface area contributed by atoms with Gasteiger partial charge in [-0.15, -0.1) is 11.6 Å². The zero-order valence-electron chi connectivity index (χ0n) is 10.4. The Morgan fingerprint density at radius 1 is 1.53 bits per heavy atom. The molecule has 17 heavy (non-hydrogen) atoms. The second-order valence-corrected chi connectivity index (χ2v) is 5.81. The molecule has 0 radical (unpaired) electrons. The number of aryl methyl sites for hydroxylation is 1. The fourth-order valence-electron chi connectivity index (χ4n) is 2.46. The lowest BCUT2D eigenvalue weighted by molar-refractivity contribution is 0.538. The number of nitrogens with zero attached hydrogens (tertiary/aromatic N) is 3. The summed E-state index contributed by atoms with van der Waals surface area (Å²) in [4.78, 5) is 9.11. The second kappa shape index (κ2) is 3.45. The molecule has 2 heterocycles. The van der Waals surface area contributed by atoms with E-state index in [1.807, 2.05) is 12.3 Å². The van der Waals surface area contributed by atoms with Crippen molar-refractivity contribution in [1.82, 2.24) is 14.5 Å². The molecule has 2 aromatic rings. The largest absolute Gasteiger partial charge is 0.308 e. The van der Waals surface area contributed by atoms with Crippen LogP contribution >= 0.6 is 11.6 Å². The van der Waals surface area contributed by atoms with Crippen molar-refractivity contribution in [2.75, 3.05) is 0 Å². The monoisotopic (exact) mass is 249 g/mol. The lowest BCUT2D eigenvalue weighted by Crippen LogP contribution is -2.05. The Kier molecular flexibility index (Phi) is 2.24. The highest BCUT2D eigenvalue weighted by molar-refractivity contribution is 6.16. The van der Waals surface area contributed by atoms with Crippen LogP contribution in [-0.4, -0.2) is 14.5 Å². The molecule has 4 heteroatoms. The van der Waals surface area contributed by atoms with Gasteiger partial charge in [0.05, 0.1) is 5.88 Å². The first kappa shape index (κ1) is 11.0. The molecule has 0 bridgehead atoms. The van der Waals surface area contributed by atoms with Crippen molar-refractivity contribution in [2.24, 2.45) is 5.41 Å². The van der Waals surface area contributed by atoms with Gasteiger partial charge in [-0.1, -0.05) is 13.8 Å². The number of imidazole rings is 1. The van der Waals surface area contributed by atoms with Crippen LogP contribution in [-0.2, 0) is 5.88 Å². The van der Waals surface area contributed by atoms with Crippen LogP contribution in [0.5, 0.6) is 0 Å². The maximum atomic E-state index is 6.01. The quantitative estimate of drug-likeness (QED) is 0.764. The number of halogens is 1. The smallest absolute Gasteiger partial charge is 0.160 e. The maximum Gasteiger partial charge on any atom is 0.160 e. The molecule has 0 aliphatic heterocycles. The van der Waals surface area contributed by atoms with E-state index in [9.17, 15) is 0 Å². The first-order valence-corrected chi connectivity index (χ1v) is 6.46. The Labute approximate surface area is 106 Å². The highest BCUT2D eigenvalue weighted by Crippen LogP contribution is 2.56. The minimum absolute atomic E-state index is 0.347. The highest BCUT2D eigenvalue weighted by atomic mass is 35.5. The summed E-state index contributed by atoms with van der Waals surface area (Å²) in [5.41, 5.74) is 3.49. The Morgan fingerprint density at radius 2 is 2.24 bits per heavy atom. The number of pyridine rings is 1. The molecule has 0 aromatic carbocycles. The molecule has 1 atom stereocenters. The van der Waals surface area contributed by atoms with Crippen LogP contribution in [0.1, 0.15) is 37.7 Å². The van der Waals surface area contributed by atoms with E-state index in [2.05, 4.69) is 35.3 Å². The van der Waals surface area contributed by atoms with Gasteiger partial charge in [-0.25, -0.2) is 9.97 Å². The molecule has 0 spiro atoms. The first-order valence-electron chi connectivity index (χ1n) is 5.93. The highest BCUT2D eigenvalue weighted by Gasteiger charge is 2.48. The van der Waals surface area contributed by atoms with Gasteiger partial charge in [0.2, 0.25) is 0 Å². The normalized spacial score (nSPS) is 22.0. The molecule has 3 nitrogen and oxygen atoms in total. The third kappa shape index (κ3) is 1.56. The summed E-state index contributed by atoms with van der Waals surface area (Å²) in [6, 6.07) is 2.49. The summed E-state index contributed by atoms with van der Waals surface area (Å²) < 4.78 is 2.23. The number of hydrogen-bond donors (Lipinski definition) is 0. The zero-order valence-corrected chi connectivity index (χ0v) is 11.1. The Morgan fingerprint density at radius 3 is 2.82 bits per heavy atom. The molecule has 1 aliphatic rings. The SMILES string of the molecule is Cc1ccnc2c1nc(CCl)n2C1CC1(C)C. The van der Waals surface area contributed by atoms with Gasteiger partial charge in [0, 0.05) is 12.2 Å². The number of aromatic nitrogens is 3. The molecular weight excluding hydrogens is 234 g/mol. The molecule has 3 rings (SSSR count). The van der Waals surface area contributed by atoms with Crippen LogP contribution in [0, 0.1) is 12.3 Å². The minimum atomic E-state index is 0.347. The van der Waals surface area contributed by atoms with E-state index in [4.69, 9.17) is 11.6 Å². The van der Waals surface area contributed by atoms with E-state index >= 15 is 0 Å². The Bertz CT molecular complexity index is 586. The van der Waals surface area contributed by atoms with Gasteiger partial charge in [0.15, 0.2) is 5.65 Å². The standard InChI is InChI=1S/C13H16ClN3/c1-8-4-5-15-12-11(8)16-10(7-14)17(12)9-6-13(9,2)3/h4-5,9H,6-7H2,1-3H3. The second-order valence-electron chi connectivity index (χ2n) is 5.54. The zero-order chi connectivity index (χ0) is 12.2. The van der Waals surface area contributed by atoms with Gasteiger partial charge in [0.25, 0.3) is 0 Å².